The van der Waals surface area contributed by atoms with Gasteiger partial charge in [-0.1, -0.05) is 18.9 Å². The lowest BCUT2D eigenvalue weighted by atomic mass is 10.3. The van der Waals surface area contributed by atoms with E-state index < -0.39 is 0 Å². The highest BCUT2D eigenvalue weighted by Gasteiger charge is 2.15. The van der Waals surface area contributed by atoms with Crippen molar-refractivity contribution in [1.82, 2.24) is 5.43 Å². The fourth-order valence-corrected chi connectivity index (χ4v) is 3.25. The number of hydrogen-bond donors (Lipinski definition) is 3. The molecule has 0 heterocycles. The van der Waals surface area contributed by atoms with Crippen molar-refractivity contribution in [1.29, 1.82) is 0 Å². The van der Waals surface area contributed by atoms with Gasteiger partial charge in [-0.3, -0.25) is 5.43 Å². The van der Waals surface area contributed by atoms with Crippen molar-refractivity contribution >= 4 is 43.5 Å². The van der Waals surface area contributed by atoms with Crippen molar-refractivity contribution in [2.45, 2.75) is 31.7 Å². The van der Waals surface area contributed by atoms with Crippen molar-refractivity contribution < 1.29 is 0 Å². The molecule has 1 fully saturated rings. The van der Waals surface area contributed by atoms with E-state index in [1.165, 1.54) is 12.8 Å². The fraction of sp³-hybridized carbons (Fsp3) is 0.417. The molecule has 0 bridgehead atoms. The van der Waals surface area contributed by atoms with Crippen LogP contribution in [0.2, 0.25) is 0 Å². The van der Waals surface area contributed by atoms with Crippen LogP contribution in [0.1, 0.15) is 25.7 Å². The van der Waals surface area contributed by atoms with E-state index in [1.807, 2.05) is 18.2 Å². The molecule has 1 aliphatic carbocycles. The predicted molar refractivity (Wildman–Crippen MR) is 82.5 cm³/mol. The van der Waals surface area contributed by atoms with Gasteiger partial charge < -0.3 is 5.32 Å². The van der Waals surface area contributed by atoms with Gasteiger partial charge in [-0.15, -0.1) is 0 Å². The minimum absolute atomic E-state index is 0.379. The fourth-order valence-electron chi connectivity index (χ4n) is 2.06. The van der Waals surface area contributed by atoms with Crippen molar-refractivity contribution in [3.63, 3.8) is 0 Å². The van der Waals surface area contributed by atoms with Crippen LogP contribution < -0.4 is 16.6 Å². The first-order valence-electron chi connectivity index (χ1n) is 5.96. The van der Waals surface area contributed by atoms with Gasteiger partial charge in [0.2, 0.25) is 5.96 Å². The highest BCUT2D eigenvalue weighted by Crippen LogP contribution is 2.30. The summed E-state index contributed by atoms with van der Waals surface area (Å²) in [5, 5.41) is 3.21. The summed E-state index contributed by atoms with van der Waals surface area (Å²) in [4.78, 5) is 4.60. The van der Waals surface area contributed by atoms with E-state index in [-0.39, 0.29) is 0 Å². The standard InChI is InChI=1S/C12H16Br2N4/c13-9-6-3-7-10(14)11(9)17-12(18-15)16-8-4-1-2-5-8/h3,6-8H,1-2,4-5,15H2,(H2,16,17,18). The van der Waals surface area contributed by atoms with Gasteiger partial charge in [-0.2, -0.15) is 0 Å². The van der Waals surface area contributed by atoms with Crippen LogP contribution in [0.3, 0.4) is 0 Å². The van der Waals surface area contributed by atoms with Crippen LogP contribution in [-0.2, 0) is 0 Å². The molecule has 98 valence electrons. The zero-order chi connectivity index (χ0) is 13.0. The number of benzene rings is 1. The quantitative estimate of drug-likeness (QED) is 0.321. The molecule has 0 unspecified atom stereocenters. The second-order valence-electron chi connectivity index (χ2n) is 4.28. The maximum Gasteiger partial charge on any atom is 0.210 e. The van der Waals surface area contributed by atoms with Crippen LogP contribution in [0.15, 0.2) is 32.1 Å². The highest BCUT2D eigenvalue weighted by molar-refractivity contribution is 9.11. The molecule has 1 saturated carbocycles. The third-order valence-electron chi connectivity index (χ3n) is 2.98. The number of nitrogens with two attached hydrogens (primary N) is 1. The Balaban J connectivity index is 2.14. The molecule has 1 aliphatic rings. The van der Waals surface area contributed by atoms with Crippen LogP contribution in [0.4, 0.5) is 5.69 Å². The van der Waals surface area contributed by atoms with E-state index in [0.717, 1.165) is 27.5 Å². The number of nitrogens with one attached hydrogen (secondary N) is 2. The van der Waals surface area contributed by atoms with E-state index in [0.29, 0.717) is 12.0 Å². The number of nitrogens with zero attached hydrogens (tertiary/aromatic N) is 1. The molecule has 0 spiro atoms. The van der Waals surface area contributed by atoms with Gasteiger partial charge in [-0.25, -0.2) is 10.8 Å². The number of aliphatic imine (C=N–C) groups is 1. The Hall–Kier alpha value is -0.590. The molecule has 1 aromatic rings. The Kier molecular flexibility index (Phi) is 5.03. The largest absolute Gasteiger partial charge is 0.323 e. The van der Waals surface area contributed by atoms with Gasteiger partial charge in [-0.05, 0) is 56.8 Å². The highest BCUT2D eigenvalue weighted by atomic mass is 79.9. The maximum atomic E-state index is 5.52. The molecular formula is C12H16Br2N4. The molecule has 4 N–H and O–H groups in total. The smallest absolute Gasteiger partial charge is 0.210 e. The second kappa shape index (κ2) is 6.54. The van der Waals surface area contributed by atoms with E-state index in [9.17, 15) is 0 Å². The maximum absolute atomic E-state index is 5.52. The summed E-state index contributed by atoms with van der Waals surface area (Å²) < 4.78 is 1.93. The van der Waals surface area contributed by atoms with Crippen LogP contribution in [0.25, 0.3) is 0 Å². The average Bonchev–Trinajstić information content (AvgIpc) is 2.85. The Morgan fingerprint density at radius 3 is 2.39 bits per heavy atom. The van der Waals surface area contributed by atoms with Gasteiger partial charge >= 0.3 is 0 Å². The number of para-hydroxylation sites is 1. The summed E-state index contributed by atoms with van der Waals surface area (Å²) >= 11 is 7.00. The molecule has 0 aliphatic heterocycles. The van der Waals surface area contributed by atoms with Crippen molar-refractivity contribution in [3.8, 4) is 0 Å². The van der Waals surface area contributed by atoms with E-state index in [1.54, 1.807) is 0 Å². The zero-order valence-electron chi connectivity index (χ0n) is 9.92. The number of hydrazine groups is 1. The summed E-state index contributed by atoms with van der Waals surface area (Å²) in [6.45, 7) is 0. The SMILES string of the molecule is NNC(=NC1CCCC1)Nc1c(Br)cccc1Br. The van der Waals surface area contributed by atoms with Crippen molar-refractivity contribution in [3.05, 3.63) is 27.1 Å². The summed E-state index contributed by atoms with van der Waals surface area (Å²) in [6, 6.07) is 6.28. The van der Waals surface area contributed by atoms with Crippen molar-refractivity contribution in [2.24, 2.45) is 10.8 Å². The number of rotatable bonds is 2. The topological polar surface area (TPSA) is 62.4 Å². The van der Waals surface area contributed by atoms with Gasteiger partial charge in [0.15, 0.2) is 0 Å². The number of hydrogen-bond acceptors (Lipinski definition) is 2. The minimum Gasteiger partial charge on any atom is -0.323 e. The number of halogens is 2. The lowest BCUT2D eigenvalue weighted by molar-refractivity contribution is 0.700. The van der Waals surface area contributed by atoms with Gasteiger partial charge in [0.25, 0.3) is 0 Å². The van der Waals surface area contributed by atoms with Crippen molar-refractivity contribution in [2.75, 3.05) is 5.32 Å². The Morgan fingerprint density at radius 1 is 1.22 bits per heavy atom. The Morgan fingerprint density at radius 2 is 1.83 bits per heavy atom. The van der Waals surface area contributed by atoms with Gasteiger partial charge in [0, 0.05) is 8.95 Å². The van der Waals surface area contributed by atoms with E-state index >= 15 is 0 Å². The average molecular weight is 376 g/mol. The molecule has 0 saturated heterocycles. The molecule has 0 atom stereocenters. The lowest BCUT2D eigenvalue weighted by Crippen LogP contribution is -2.37. The number of guanidine groups is 1. The predicted octanol–water partition coefficient (Wildman–Crippen LogP) is 3.39. The Bertz CT molecular complexity index is 421. The summed E-state index contributed by atoms with van der Waals surface area (Å²) in [5.41, 5.74) is 3.55. The first-order chi connectivity index (χ1) is 8.70. The molecule has 1 aromatic carbocycles. The zero-order valence-corrected chi connectivity index (χ0v) is 13.1. The molecule has 0 aromatic heterocycles. The van der Waals surface area contributed by atoms with Crippen LogP contribution >= 0.6 is 31.9 Å². The first kappa shape index (κ1) is 13.8. The van der Waals surface area contributed by atoms with E-state index in [4.69, 9.17) is 5.84 Å². The number of anilines is 1. The molecule has 18 heavy (non-hydrogen) atoms. The molecular weight excluding hydrogens is 360 g/mol. The van der Waals surface area contributed by atoms with Crippen LogP contribution in [-0.4, -0.2) is 12.0 Å². The van der Waals surface area contributed by atoms with Crippen LogP contribution in [0.5, 0.6) is 0 Å². The monoisotopic (exact) mass is 374 g/mol. The van der Waals surface area contributed by atoms with Crippen LogP contribution in [0, 0.1) is 0 Å². The summed E-state index contributed by atoms with van der Waals surface area (Å²) in [7, 11) is 0. The third-order valence-corrected chi connectivity index (χ3v) is 4.30. The molecule has 6 heteroatoms. The van der Waals surface area contributed by atoms with Gasteiger partial charge in [0.05, 0.1) is 11.7 Å². The molecule has 4 nitrogen and oxygen atoms in total. The first-order valence-corrected chi connectivity index (χ1v) is 7.54. The second-order valence-corrected chi connectivity index (χ2v) is 5.99. The Labute approximate surface area is 124 Å². The minimum atomic E-state index is 0.379. The molecule has 2 rings (SSSR count). The normalized spacial score (nSPS) is 16.9. The summed E-state index contributed by atoms with van der Waals surface area (Å²) in [6.07, 6.45) is 4.80. The van der Waals surface area contributed by atoms with Gasteiger partial charge in [0.1, 0.15) is 0 Å². The molecule has 0 amide bonds. The molecule has 0 radical (unpaired) electrons. The lowest BCUT2D eigenvalue weighted by Gasteiger charge is -2.14. The van der Waals surface area contributed by atoms with E-state index in [2.05, 4.69) is 47.6 Å². The third kappa shape index (κ3) is 3.46. The summed E-state index contributed by atoms with van der Waals surface area (Å²) in [5.74, 6) is 6.13.